The van der Waals surface area contributed by atoms with Crippen LogP contribution in [0.3, 0.4) is 0 Å². The van der Waals surface area contributed by atoms with E-state index in [0.29, 0.717) is 12.2 Å². The van der Waals surface area contributed by atoms with Crippen molar-refractivity contribution in [2.45, 2.75) is 6.92 Å². The molecule has 1 aromatic heterocycles. The first-order chi connectivity index (χ1) is 11.8. The van der Waals surface area contributed by atoms with Crippen LogP contribution in [-0.4, -0.2) is 12.6 Å². The fraction of sp³-hybridized carbons (Fsp3) is 0.0952. The van der Waals surface area contributed by atoms with Crippen molar-refractivity contribution in [2.24, 2.45) is 0 Å². The van der Waals surface area contributed by atoms with Crippen molar-refractivity contribution >= 4 is 38.2 Å². The predicted octanol–water partition coefficient (Wildman–Crippen LogP) is 5.90. The second-order valence-corrected chi connectivity index (χ2v) is 6.66. The lowest BCUT2D eigenvalue weighted by Gasteiger charge is -2.09. The third-order valence-corrected chi connectivity index (χ3v) is 5.26. The smallest absolute Gasteiger partial charge is 0.338 e. The second kappa shape index (κ2) is 6.10. The van der Waals surface area contributed by atoms with Crippen LogP contribution in [0, 0.1) is 0 Å². The zero-order valence-electron chi connectivity index (χ0n) is 13.3. The predicted molar refractivity (Wildman–Crippen MR) is 101 cm³/mol. The van der Waals surface area contributed by atoms with E-state index >= 15 is 0 Å². The monoisotopic (exact) mass is 332 g/mol. The number of carbonyl (C=O) groups is 1. The fourth-order valence-electron chi connectivity index (χ4n) is 3.02. The molecule has 2 nitrogen and oxygen atoms in total. The molecule has 3 aromatic carbocycles. The van der Waals surface area contributed by atoms with Crippen LogP contribution < -0.4 is 0 Å². The van der Waals surface area contributed by atoms with Gasteiger partial charge in [-0.25, -0.2) is 4.79 Å². The maximum Gasteiger partial charge on any atom is 0.338 e. The average Bonchev–Trinajstić information content (AvgIpc) is 3.04. The average molecular weight is 332 g/mol. The molecule has 0 aliphatic rings. The van der Waals surface area contributed by atoms with Crippen LogP contribution in [0.5, 0.6) is 0 Å². The lowest BCUT2D eigenvalue weighted by atomic mass is 9.98. The number of carbonyl (C=O) groups excluding carboxylic acids is 1. The van der Waals surface area contributed by atoms with E-state index in [1.165, 1.54) is 15.0 Å². The van der Waals surface area contributed by atoms with Gasteiger partial charge in [-0.15, -0.1) is 11.3 Å². The van der Waals surface area contributed by atoms with Gasteiger partial charge in [-0.2, -0.15) is 0 Å². The summed E-state index contributed by atoms with van der Waals surface area (Å²) in [5.41, 5.74) is 1.78. The molecule has 0 bridgehead atoms. The van der Waals surface area contributed by atoms with Crippen molar-refractivity contribution < 1.29 is 9.53 Å². The van der Waals surface area contributed by atoms with Crippen LogP contribution in [0.15, 0.2) is 66.7 Å². The number of rotatable bonds is 3. The first-order valence-electron chi connectivity index (χ1n) is 7.96. The number of hydrogen-bond donors (Lipinski definition) is 0. The Morgan fingerprint density at radius 3 is 2.50 bits per heavy atom. The molecular formula is C21H16O2S. The Hall–Kier alpha value is -2.65. The zero-order chi connectivity index (χ0) is 16.5. The molecule has 0 aliphatic carbocycles. The van der Waals surface area contributed by atoms with E-state index in [1.807, 2.05) is 37.3 Å². The normalized spacial score (nSPS) is 11.0. The Labute approximate surface area is 144 Å². The van der Waals surface area contributed by atoms with Crippen LogP contribution in [0.4, 0.5) is 0 Å². The molecule has 0 N–H and O–H groups in total. The lowest BCUT2D eigenvalue weighted by molar-refractivity contribution is 0.0528. The Bertz CT molecular complexity index is 1010. The summed E-state index contributed by atoms with van der Waals surface area (Å²) < 4.78 is 6.46. The van der Waals surface area contributed by atoms with E-state index in [4.69, 9.17) is 4.74 Å². The fourth-order valence-corrected chi connectivity index (χ4v) is 4.12. The van der Waals surface area contributed by atoms with Gasteiger partial charge in [0.1, 0.15) is 0 Å². The van der Waals surface area contributed by atoms with Gasteiger partial charge in [-0.3, -0.25) is 0 Å². The quantitative estimate of drug-likeness (QED) is 0.437. The molecule has 118 valence electrons. The summed E-state index contributed by atoms with van der Waals surface area (Å²) in [7, 11) is 0. The summed E-state index contributed by atoms with van der Waals surface area (Å²) in [5, 5.41) is 3.26. The van der Waals surface area contributed by atoms with Crippen molar-refractivity contribution in [1.29, 1.82) is 0 Å². The van der Waals surface area contributed by atoms with Crippen LogP contribution >= 0.6 is 11.3 Å². The third-order valence-electron chi connectivity index (χ3n) is 4.11. The summed E-state index contributed by atoms with van der Waals surface area (Å²) >= 11 is 1.77. The maximum absolute atomic E-state index is 12.2. The number of esters is 1. The molecule has 4 rings (SSSR count). The minimum atomic E-state index is -0.267. The van der Waals surface area contributed by atoms with Crippen LogP contribution in [0.2, 0.25) is 0 Å². The standard InChI is InChI=1S/C21H16O2S/c1-2-23-21(22)18-12-11-17(15-8-4-5-9-16(15)18)20-13-14-7-3-6-10-19(14)24-20/h3-13H,2H2,1H3. The molecule has 3 heteroatoms. The summed E-state index contributed by atoms with van der Waals surface area (Å²) in [6, 6.07) is 22.5. The van der Waals surface area contributed by atoms with E-state index in [2.05, 4.69) is 36.4 Å². The highest BCUT2D eigenvalue weighted by atomic mass is 32.1. The van der Waals surface area contributed by atoms with Crippen LogP contribution in [0.1, 0.15) is 17.3 Å². The van der Waals surface area contributed by atoms with E-state index in [0.717, 1.165) is 16.3 Å². The summed E-state index contributed by atoms with van der Waals surface area (Å²) in [6.07, 6.45) is 0. The van der Waals surface area contributed by atoms with E-state index in [-0.39, 0.29) is 5.97 Å². The van der Waals surface area contributed by atoms with Crippen molar-refractivity contribution in [3.8, 4) is 10.4 Å². The second-order valence-electron chi connectivity index (χ2n) is 5.58. The van der Waals surface area contributed by atoms with Gasteiger partial charge in [0.05, 0.1) is 12.2 Å². The molecular weight excluding hydrogens is 316 g/mol. The molecule has 0 radical (unpaired) electrons. The molecule has 0 unspecified atom stereocenters. The van der Waals surface area contributed by atoms with Gasteiger partial charge in [0.25, 0.3) is 0 Å². The van der Waals surface area contributed by atoms with Crippen molar-refractivity contribution in [3.63, 3.8) is 0 Å². The summed E-state index contributed by atoms with van der Waals surface area (Å²) in [5.74, 6) is -0.267. The molecule has 0 amide bonds. The molecule has 0 spiro atoms. The van der Waals surface area contributed by atoms with Crippen molar-refractivity contribution in [2.75, 3.05) is 6.61 Å². The molecule has 24 heavy (non-hydrogen) atoms. The Morgan fingerprint density at radius 1 is 0.958 bits per heavy atom. The maximum atomic E-state index is 12.2. The number of benzene rings is 3. The summed E-state index contributed by atoms with van der Waals surface area (Å²) in [4.78, 5) is 13.4. The van der Waals surface area contributed by atoms with E-state index in [9.17, 15) is 4.79 Å². The van der Waals surface area contributed by atoms with Crippen molar-refractivity contribution in [1.82, 2.24) is 0 Å². The minimum absolute atomic E-state index is 0.267. The highest BCUT2D eigenvalue weighted by Gasteiger charge is 2.15. The first kappa shape index (κ1) is 14.9. The molecule has 0 aliphatic heterocycles. The first-order valence-corrected chi connectivity index (χ1v) is 8.77. The molecule has 1 heterocycles. The number of ether oxygens (including phenoxy) is 1. The van der Waals surface area contributed by atoms with Gasteiger partial charge in [-0.1, -0.05) is 48.5 Å². The topological polar surface area (TPSA) is 26.3 Å². The van der Waals surface area contributed by atoms with Gasteiger partial charge >= 0.3 is 5.97 Å². The van der Waals surface area contributed by atoms with Gasteiger partial charge in [0, 0.05) is 9.58 Å². The molecule has 0 saturated carbocycles. The Kier molecular flexibility index (Phi) is 3.79. The molecule has 0 fully saturated rings. The molecule has 4 aromatic rings. The van der Waals surface area contributed by atoms with Crippen LogP contribution in [-0.2, 0) is 4.74 Å². The molecule has 0 saturated heterocycles. The van der Waals surface area contributed by atoms with Gasteiger partial charge in [0.2, 0.25) is 0 Å². The lowest BCUT2D eigenvalue weighted by Crippen LogP contribution is -2.05. The highest BCUT2D eigenvalue weighted by Crippen LogP contribution is 2.38. The highest BCUT2D eigenvalue weighted by molar-refractivity contribution is 7.22. The zero-order valence-corrected chi connectivity index (χ0v) is 14.1. The van der Waals surface area contributed by atoms with Gasteiger partial charge in [0.15, 0.2) is 0 Å². The number of thiophene rings is 1. The minimum Gasteiger partial charge on any atom is -0.462 e. The largest absolute Gasteiger partial charge is 0.462 e. The van der Waals surface area contributed by atoms with E-state index < -0.39 is 0 Å². The Morgan fingerprint density at radius 2 is 1.71 bits per heavy atom. The Balaban J connectivity index is 1.93. The summed E-state index contributed by atoms with van der Waals surface area (Å²) in [6.45, 7) is 2.21. The number of fused-ring (bicyclic) bond motifs is 2. The van der Waals surface area contributed by atoms with E-state index in [1.54, 1.807) is 11.3 Å². The van der Waals surface area contributed by atoms with Gasteiger partial charge < -0.3 is 4.74 Å². The van der Waals surface area contributed by atoms with Crippen LogP contribution in [0.25, 0.3) is 31.3 Å². The SMILES string of the molecule is CCOC(=O)c1ccc(-c2cc3ccccc3s2)c2ccccc12. The third kappa shape index (κ3) is 2.47. The van der Waals surface area contributed by atoms with Gasteiger partial charge in [-0.05, 0) is 46.8 Å². The van der Waals surface area contributed by atoms with Crippen molar-refractivity contribution in [3.05, 3.63) is 72.3 Å². The number of hydrogen-bond acceptors (Lipinski definition) is 3. The molecule has 0 atom stereocenters.